The number of likely N-dealkylation sites (tertiary alicyclic amines) is 1. The van der Waals surface area contributed by atoms with Gasteiger partial charge in [-0.15, -0.1) is 0 Å². The van der Waals surface area contributed by atoms with Gasteiger partial charge in [0.2, 0.25) is 0 Å². The van der Waals surface area contributed by atoms with Crippen LogP contribution in [-0.2, 0) is 28.2 Å². The van der Waals surface area contributed by atoms with Crippen LogP contribution in [0.5, 0.6) is 0 Å². The van der Waals surface area contributed by atoms with E-state index < -0.39 is 11.4 Å². The second kappa shape index (κ2) is 11.1. The number of piperidine rings is 1. The summed E-state index contributed by atoms with van der Waals surface area (Å²) < 4.78 is 23.1. The number of aryl methyl sites for hydroxylation is 1. The maximum atomic E-state index is 15.2. The third-order valence-electron chi connectivity index (χ3n) is 7.06. The van der Waals surface area contributed by atoms with Crippen LogP contribution in [0, 0.1) is 11.7 Å². The zero-order chi connectivity index (χ0) is 25.7. The van der Waals surface area contributed by atoms with E-state index in [0.717, 1.165) is 5.56 Å². The van der Waals surface area contributed by atoms with Crippen molar-refractivity contribution in [2.45, 2.75) is 38.9 Å². The minimum absolute atomic E-state index is 0.0582. The zero-order valence-corrected chi connectivity index (χ0v) is 21.0. The van der Waals surface area contributed by atoms with Crippen LogP contribution < -0.4 is 10.6 Å². The number of tetrazole rings is 1. The van der Waals surface area contributed by atoms with Crippen LogP contribution in [0.2, 0.25) is 0 Å². The Hall–Kier alpha value is -3.37. The van der Waals surface area contributed by atoms with Crippen LogP contribution in [0.4, 0.5) is 10.1 Å². The summed E-state index contributed by atoms with van der Waals surface area (Å²) >= 11 is 0. The number of hydrogen-bond donors (Lipinski definition) is 0. The topological polar surface area (TPSA) is 85.5 Å². The molecule has 1 aliphatic rings. The van der Waals surface area contributed by atoms with E-state index in [9.17, 15) is 9.59 Å². The highest BCUT2D eigenvalue weighted by molar-refractivity contribution is 5.96. The lowest BCUT2D eigenvalue weighted by Crippen LogP contribution is -2.61. The Morgan fingerprint density at radius 2 is 1.81 bits per heavy atom. The number of ether oxygens (including phenoxy) is 1. The lowest BCUT2D eigenvalue weighted by atomic mass is 9.72. The fraction of sp³-hybridized carbons (Fsp3) is 0.462. The molecule has 2 unspecified atom stereocenters. The number of amides is 1. The van der Waals surface area contributed by atoms with Crippen molar-refractivity contribution in [1.29, 1.82) is 0 Å². The normalized spacial score (nSPS) is 20.4. The van der Waals surface area contributed by atoms with Crippen LogP contribution in [0.25, 0.3) is 0 Å². The van der Waals surface area contributed by atoms with E-state index in [4.69, 9.17) is 4.74 Å². The molecule has 3 aromatic rings. The van der Waals surface area contributed by atoms with Gasteiger partial charge in [0.05, 0.1) is 17.8 Å². The molecule has 1 aromatic heterocycles. The smallest absolute Gasteiger partial charge is 0.363 e. The van der Waals surface area contributed by atoms with Crippen molar-refractivity contribution in [3.8, 4) is 0 Å². The van der Waals surface area contributed by atoms with E-state index in [1.807, 2.05) is 37.3 Å². The number of nitrogens with zero attached hydrogens (tertiary/aromatic N) is 6. The second-order valence-electron chi connectivity index (χ2n) is 9.16. The molecule has 0 N–H and O–H groups in total. The number of rotatable bonds is 9. The monoisotopic (exact) mass is 496 g/mol. The number of halogens is 1. The molecular weight excluding hydrogens is 463 g/mol. The molecule has 0 radical (unpaired) electrons. The van der Waals surface area contributed by atoms with Crippen LogP contribution in [0.15, 0.2) is 59.4 Å². The van der Waals surface area contributed by atoms with Gasteiger partial charge < -0.3 is 9.64 Å². The van der Waals surface area contributed by atoms with E-state index in [2.05, 4.69) is 22.3 Å². The summed E-state index contributed by atoms with van der Waals surface area (Å²) in [5, 5.41) is 7.85. The predicted octanol–water partition coefficient (Wildman–Crippen LogP) is 2.52. The van der Waals surface area contributed by atoms with Gasteiger partial charge in [-0.05, 0) is 47.4 Å². The van der Waals surface area contributed by atoms with Crippen LogP contribution in [-0.4, -0.2) is 63.9 Å². The predicted molar refractivity (Wildman–Crippen MR) is 134 cm³/mol. The number of carbonyl (C=O) groups is 1. The van der Waals surface area contributed by atoms with Crippen molar-refractivity contribution in [2.24, 2.45) is 5.92 Å². The fourth-order valence-corrected chi connectivity index (χ4v) is 5.30. The first-order valence-corrected chi connectivity index (χ1v) is 12.3. The number of hydrogen-bond acceptors (Lipinski definition) is 6. The molecule has 36 heavy (non-hydrogen) atoms. The first-order chi connectivity index (χ1) is 17.4. The Morgan fingerprint density at radius 1 is 1.11 bits per heavy atom. The number of para-hydroxylation sites is 1. The number of carbonyl (C=O) groups excluding carboxylic acids is 1. The summed E-state index contributed by atoms with van der Waals surface area (Å²) in [6.07, 6.45) is 0.582. The molecule has 1 saturated heterocycles. The molecule has 0 aliphatic carbocycles. The van der Waals surface area contributed by atoms with Crippen molar-refractivity contribution < 1.29 is 13.9 Å². The van der Waals surface area contributed by atoms with Gasteiger partial charge >= 0.3 is 5.69 Å². The lowest BCUT2D eigenvalue weighted by molar-refractivity contribution is -0.124. The summed E-state index contributed by atoms with van der Waals surface area (Å²) in [5.74, 6) is -0.808. The average Bonchev–Trinajstić information content (AvgIpc) is 3.25. The molecule has 1 aliphatic heterocycles. The van der Waals surface area contributed by atoms with Crippen LogP contribution in [0.1, 0.15) is 25.8 Å². The highest BCUT2D eigenvalue weighted by Crippen LogP contribution is 2.45. The molecule has 1 amide bonds. The third kappa shape index (κ3) is 4.83. The van der Waals surface area contributed by atoms with Crippen molar-refractivity contribution in [2.75, 3.05) is 38.3 Å². The Morgan fingerprint density at radius 3 is 2.44 bits per heavy atom. The van der Waals surface area contributed by atoms with Gasteiger partial charge in [-0.3, -0.25) is 9.69 Å². The van der Waals surface area contributed by atoms with Gasteiger partial charge in [0.1, 0.15) is 12.4 Å². The van der Waals surface area contributed by atoms with Gasteiger partial charge in [0.25, 0.3) is 5.91 Å². The van der Waals surface area contributed by atoms with Crippen molar-refractivity contribution in [1.82, 2.24) is 24.7 Å². The molecular formula is C26H33FN6O3. The summed E-state index contributed by atoms with van der Waals surface area (Å²) in [5.41, 5.74) is 0.188. The van der Waals surface area contributed by atoms with Crippen LogP contribution >= 0.6 is 0 Å². The second-order valence-corrected chi connectivity index (χ2v) is 9.16. The Bertz CT molecular complexity index is 1230. The molecule has 192 valence electrons. The first-order valence-electron chi connectivity index (χ1n) is 12.3. The Kier molecular flexibility index (Phi) is 7.95. The Balaban J connectivity index is 1.68. The maximum Gasteiger partial charge on any atom is 0.363 e. The summed E-state index contributed by atoms with van der Waals surface area (Å²) in [4.78, 5) is 29.7. The lowest BCUT2D eigenvalue weighted by Gasteiger charge is -2.53. The van der Waals surface area contributed by atoms with E-state index in [1.165, 1.54) is 22.5 Å². The molecule has 0 spiro atoms. The molecule has 9 nitrogen and oxygen atoms in total. The van der Waals surface area contributed by atoms with E-state index in [-0.39, 0.29) is 29.8 Å². The SMILES string of the molecule is CCn1nnn(CCN2CCC(c3ccccc3)(N(C(=O)COC)c3ccccc3F)C(C)C2)c1=O. The molecule has 2 aromatic carbocycles. The molecule has 2 heterocycles. The average molecular weight is 497 g/mol. The summed E-state index contributed by atoms with van der Waals surface area (Å²) in [6.45, 7) is 6.59. The van der Waals surface area contributed by atoms with Gasteiger partial charge in [0, 0.05) is 33.3 Å². The minimum Gasteiger partial charge on any atom is -0.375 e. The highest BCUT2D eigenvalue weighted by Gasteiger charge is 2.49. The van der Waals surface area contributed by atoms with E-state index >= 15 is 4.39 Å². The standard InChI is InChI=1S/C26H33FN6O3/c1-4-31-25(35)32(29-28-31)17-16-30-15-14-26(20(2)18-30,21-10-6-5-7-11-21)33(24(34)19-36-3)23-13-9-8-12-22(23)27/h5-13,20H,4,14-19H2,1-3H3. The summed E-state index contributed by atoms with van der Waals surface area (Å²) in [6, 6.07) is 16.2. The molecule has 1 fully saturated rings. The number of methoxy groups -OCH3 is 1. The number of anilines is 1. The van der Waals surface area contributed by atoms with Gasteiger partial charge in [0.15, 0.2) is 0 Å². The highest BCUT2D eigenvalue weighted by atomic mass is 19.1. The molecule has 4 rings (SSSR count). The molecule has 10 heteroatoms. The van der Waals surface area contributed by atoms with E-state index in [0.29, 0.717) is 39.1 Å². The van der Waals surface area contributed by atoms with Gasteiger partial charge in [-0.2, -0.15) is 9.36 Å². The van der Waals surface area contributed by atoms with Crippen molar-refractivity contribution in [3.63, 3.8) is 0 Å². The number of aromatic nitrogens is 4. The fourth-order valence-electron chi connectivity index (χ4n) is 5.30. The van der Waals surface area contributed by atoms with Crippen LogP contribution in [0.3, 0.4) is 0 Å². The first kappa shape index (κ1) is 25.7. The summed E-state index contributed by atoms with van der Waals surface area (Å²) in [7, 11) is 1.47. The minimum atomic E-state index is -0.780. The largest absolute Gasteiger partial charge is 0.375 e. The van der Waals surface area contributed by atoms with Gasteiger partial charge in [-0.1, -0.05) is 49.4 Å². The number of benzene rings is 2. The molecule has 0 bridgehead atoms. The zero-order valence-electron chi connectivity index (χ0n) is 21.0. The van der Waals surface area contributed by atoms with E-state index in [1.54, 1.807) is 23.1 Å². The third-order valence-corrected chi connectivity index (χ3v) is 7.06. The Labute approximate surface area is 210 Å². The molecule has 2 atom stereocenters. The van der Waals surface area contributed by atoms with Crippen molar-refractivity contribution >= 4 is 11.6 Å². The maximum absolute atomic E-state index is 15.2. The van der Waals surface area contributed by atoms with Crippen molar-refractivity contribution in [3.05, 3.63) is 76.5 Å². The molecule has 0 saturated carbocycles. The van der Waals surface area contributed by atoms with Gasteiger partial charge in [-0.25, -0.2) is 9.18 Å². The quantitative estimate of drug-likeness (QED) is 0.453.